The molecule has 1 amide bonds. The molecule has 3 nitrogen and oxygen atoms in total. The van der Waals surface area contributed by atoms with Gasteiger partial charge in [0, 0.05) is 11.9 Å². The Morgan fingerprint density at radius 3 is 2.81 bits per heavy atom. The highest BCUT2D eigenvalue weighted by Gasteiger charge is 2.25. The Morgan fingerprint density at radius 2 is 2.25 bits per heavy atom. The normalized spacial score (nSPS) is 14.6. The minimum Gasteiger partial charge on any atom is -0.490 e. The van der Waals surface area contributed by atoms with Crippen molar-refractivity contribution in [2.75, 3.05) is 13.3 Å². The van der Waals surface area contributed by atoms with Gasteiger partial charge in [-0.15, -0.1) is 11.8 Å². The van der Waals surface area contributed by atoms with Crippen LogP contribution >= 0.6 is 11.8 Å². The van der Waals surface area contributed by atoms with Gasteiger partial charge < -0.3 is 10.1 Å². The van der Waals surface area contributed by atoms with Crippen molar-refractivity contribution < 1.29 is 9.53 Å². The van der Waals surface area contributed by atoms with Gasteiger partial charge in [0.05, 0.1) is 11.7 Å². The quantitative estimate of drug-likeness (QED) is 0.817. The molecule has 1 aliphatic carbocycles. The Balaban J connectivity index is 2.29. The first-order valence-corrected chi connectivity index (χ1v) is 6.54. The highest BCUT2D eigenvalue weighted by Crippen LogP contribution is 2.31. The predicted octanol–water partition coefficient (Wildman–Crippen LogP) is 2.31. The summed E-state index contributed by atoms with van der Waals surface area (Å²) >= 11 is 1.65. The van der Waals surface area contributed by atoms with Gasteiger partial charge in [-0.25, -0.2) is 0 Å². The van der Waals surface area contributed by atoms with Crippen LogP contribution in [0.1, 0.15) is 23.2 Å². The second-order valence-corrected chi connectivity index (χ2v) is 4.64. The summed E-state index contributed by atoms with van der Waals surface area (Å²) in [5.74, 6) is 0.608. The lowest BCUT2D eigenvalue weighted by atomic mass is 10.2. The van der Waals surface area contributed by atoms with E-state index in [-0.39, 0.29) is 5.91 Å². The molecule has 1 N–H and O–H groups in total. The van der Waals surface area contributed by atoms with Gasteiger partial charge in [-0.2, -0.15) is 0 Å². The average Bonchev–Trinajstić information content (AvgIpc) is 3.12. The molecule has 0 saturated heterocycles. The van der Waals surface area contributed by atoms with E-state index in [1.807, 2.05) is 24.5 Å². The van der Waals surface area contributed by atoms with Crippen LogP contribution < -0.4 is 10.1 Å². The van der Waals surface area contributed by atoms with Crippen molar-refractivity contribution in [1.82, 2.24) is 5.32 Å². The van der Waals surface area contributed by atoms with Crippen LogP contribution in [0.15, 0.2) is 23.1 Å². The van der Waals surface area contributed by atoms with E-state index in [9.17, 15) is 4.79 Å². The molecule has 16 heavy (non-hydrogen) atoms. The summed E-state index contributed by atoms with van der Waals surface area (Å²) in [5, 5.41) is 2.63. The van der Waals surface area contributed by atoms with E-state index in [0.717, 1.165) is 17.7 Å². The molecule has 1 fully saturated rings. The maximum atomic E-state index is 11.6. The zero-order chi connectivity index (χ0) is 11.5. The molecule has 0 bridgehead atoms. The topological polar surface area (TPSA) is 38.3 Å². The number of rotatable bonds is 4. The summed E-state index contributed by atoms with van der Waals surface area (Å²) < 4.78 is 5.75. The maximum absolute atomic E-state index is 11.6. The number of hydrogen-bond donors (Lipinski definition) is 1. The van der Waals surface area contributed by atoms with Crippen LogP contribution in [0.4, 0.5) is 0 Å². The second-order valence-electron chi connectivity index (χ2n) is 3.76. The standard InChI is InChI=1S/C12H15NO2S/c1-13-12(14)10-6-5-9(16-2)7-11(10)15-8-3-4-8/h5-8H,3-4H2,1-2H3,(H,13,14). The van der Waals surface area contributed by atoms with E-state index < -0.39 is 0 Å². The molecular weight excluding hydrogens is 222 g/mol. The molecule has 0 radical (unpaired) electrons. The van der Waals surface area contributed by atoms with Gasteiger partial charge in [0.15, 0.2) is 0 Å². The largest absolute Gasteiger partial charge is 0.490 e. The third kappa shape index (κ3) is 2.50. The van der Waals surface area contributed by atoms with E-state index in [1.165, 1.54) is 0 Å². The molecule has 1 aromatic rings. The highest BCUT2D eigenvalue weighted by atomic mass is 32.2. The second kappa shape index (κ2) is 4.78. The van der Waals surface area contributed by atoms with Crippen molar-refractivity contribution in [1.29, 1.82) is 0 Å². The van der Waals surface area contributed by atoms with E-state index in [4.69, 9.17) is 4.74 Å². The third-order valence-corrected chi connectivity index (χ3v) is 3.20. The molecule has 0 heterocycles. The van der Waals surface area contributed by atoms with Crippen molar-refractivity contribution in [2.24, 2.45) is 0 Å². The summed E-state index contributed by atoms with van der Waals surface area (Å²) in [7, 11) is 1.63. The van der Waals surface area contributed by atoms with Crippen LogP contribution in [0.3, 0.4) is 0 Å². The number of carbonyl (C=O) groups excluding carboxylic acids is 1. The van der Waals surface area contributed by atoms with Crippen LogP contribution in [0.2, 0.25) is 0 Å². The van der Waals surface area contributed by atoms with Crippen LogP contribution in [-0.2, 0) is 0 Å². The average molecular weight is 237 g/mol. The number of carbonyl (C=O) groups is 1. The molecule has 1 aliphatic rings. The summed E-state index contributed by atoms with van der Waals surface area (Å²) in [6, 6.07) is 5.70. The Hall–Kier alpha value is -1.16. The zero-order valence-electron chi connectivity index (χ0n) is 9.45. The fraction of sp³-hybridized carbons (Fsp3) is 0.417. The summed E-state index contributed by atoms with van der Waals surface area (Å²) in [6.07, 6.45) is 4.50. The number of hydrogen-bond acceptors (Lipinski definition) is 3. The minimum atomic E-state index is -0.0942. The smallest absolute Gasteiger partial charge is 0.254 e. The Bertz CT molecular complexity index is 402. The van der Waals surface area contributed by atoms with E-state index in [0.29, 0.717) is 17.4 Å². The summed E-state index contributed by atoms with van der Waals surface area (Å²) in [4.78, 5) is 12.8. The monoisotopic (exact) mass is 237 g/mol. The highest BCUT2D eigenvalue weighted by molar-refractivity contribution is 7.98. The number of nitrogens with one attached hydrogen (secondary N) is 1. The van der Waals surface area contributed by atoms with Gasteiger partial charge in [-0.3, -0.25) is 4.79 Å². The zero-order valence-corrected chi connectivity index (χ0v) is 10.3. The molecular formula is C12H15NO2S. The van der Waals surface area contributed by atoms with Gasteiger partial charge in [0.25, 0.3) is 5.91 Å². The molecule has 0 atom stereocenters. The molecule has 86 valence electrons. The fourth-order valence-electron chi connectivity index (χ4n) is 1.41. The first-order chi connectivity index (χ1) is 7.74. The molecule has 1 saturated carbocycles. The molecule has 0 aromatic heterocycles. The van der Waals surface area contributed by atoms with Crippen molar-refractivity contribution in [3.63, 3.8) is 0 Å². The van der Waals surface area contributed by atoms with E-state index in [1.54, 1.807) is 18.8 Å². The number of thioether (sulfide) groups is 1. The van der Waals surface area contributed by atoms with Crippen LogP contribution in [0, 0.1) is 0 Å². The molecule has 0 aliphatic heterocycles. The molecule has 4 heteroatoms. The Labute approximate surface area is 99.6 Å². The molecule has 1 aromatic carbocycles. The lowest BCUT2D eigenvalue weighted by molar-refractivity contribution is 0.0958. The van der Waals surface area contributed by atoms with Gasteiger partial charge in [0.2, 0.25) is 0 Å². The fourth-order valence-corrected chi connectivity index (χ4v) is 1.84. The maximum Gasteiger partial charge on any atom is 0.254 e. The van der Waals surface area contributed by atoms with E-state index >= 15 is 0 Å². The van der Waals surface area contributed by atoms with Gasteiger partial charge in [-0.1, -0.05) is 0 Å². The van der Waals surface area contributed by atoms with E-state index in [2.05, 4.69) is 5.32 Å². The van der Waals surface area contributed by atoms with Crippen LogP contribution in [-0.4, -0.2) is 25.3 Å². The first kappa shape index (κ1) is 11.3. The molecule has 2 rings (SSSR count). The number of amides is 1. The van der Waals surface area contributed by atoms with Gasteiger partial charge in [-0.05, 0) is 37.3 Å². The number of benzene rings is 1. The van der Waals surface area contributed by atoms with Gasteiger partial charge in [0.1, 0.15) is 5.75 Å². The summed E-state index contributed by atoms with van der Waals surface area (Å²) in [5.41, 5.74) is 0.618. The Kier molecular flexibility index (Phi) is 3.39. The Morgan fingerprint density at radius 1 is 1.50 bits per heavy atom. The summed E-state index contributed by atoms with van der Waals surface area (Å²) in [6.45, 7) is 0. The lowest BCUT2D eigenvalue weighted by Gasteiger charge is -2.11. The predicted molar refractivity (Wildman–Crippen MR) is 65.3 cm³/mol. The van der Waals surface area contributed by atoms with Crippen LogP contribution in [0.25, 0.3) is 0 Å². The molecule has 0 unspecified atom stereocenters. The van der Waals surface area contributed by atoms with Crippen molar-refractivity contribution >= 4 is 17.7 Å². The van der Waals surface area contributed by atoms with Crippen molar-refractivity contribution in [3.8, 4) is 5.75 Å². The van der Waals surface area contributed by atoms with Crippen molar-refractivity contribution in [2.45, 2.75) is 23.8 Å². The third-order valence-electron chi connectivity index (χ3n) is 2.48. The number of ether oxygens (including phenoxy) is 1. The minimum absolute atomic E-state index is 0.0942. The first-order valence-electron chi connectivity index (χ1n) is 5.31. The molecule has 0 spiro atoms. The van der Waals surface area contributed by atoms with Crippen molar-refractivity contribution in [3.05, 3.63) is 23.8 Å². The van der Waals surface area contributed by atoms with Crippen LogP contribution in [0.5, 0.6) is 5.75 Å². The SMILES string of the molecule is CNC(=O)c1ccc(SC)cc1OC1CC1. The van der Waals surface area contributed by atoms with Gasteiger partial charge >= 0.3 is 0 Å². The lowest BCUT2D eigenvalue weighted by Crippen LogP contribution is -2.19.